The minimum absolute atomic E-state index is 0.143. The molecule has 6 heteroatoms. The van der Waals surface area contributed by atoms with E-state index >= 15 is 0 Å². The molecule has 21 heavy (non-hydrogen) atoms. The minimum atomic E-state index is -0.787. The first-order chi connectivity index (χ1) is 10.0. The lowest BCUT2D eigenvalue weighted by molar-refractivity contribution is -0.137. The Hall–Kier alpha value is -1.30. The van der Waals surface area contributed by atoms with Crippen LogP contribution in [0, 0.1) is 11.8 Å². The molecule has 122 valence electrons. The predicted molar refractivity (Wildman–Crippen MR) is 82.3 cm³/mol. The van der Waals surface area contributed by atoms with Gasteiger partial charge in [0, 0.05) is 19.5 Å². The number of piperidine rings is 1. The van der Waals surface area contributed by atoms with E-state index in [1.807, 2.05) is 6.92 Å². The van der Waals surface area contributed by atoms with E-state index in [-0.39, 0.29) is 18.4 Å². The molecular weight excluding hydrogens is 270 g/mol. The highest BCUT2D eigenvalue weighted by atomic mass is 16.4. The number of nitrogens with zero attached hydrogens (tertiary/aromatic N) is 1. The summed E-state index contributed by atoms with van der Waals surface area (Å²) in [5, 5.41) is 14.3. The van der Waals surface area contributed by atoms with Gasteiger partial charge in [-0.05, 0) is 50.7 Å². The van der Waals surface area contributed by atoms with Crippen molar-refractivity contribution in [1.82, 2.24) is 15.5 Å². The molecule has 1 saturated heterocycles. The first-order valence-electron chi connectivity index (χ1n) is 7.97. The molecule has 1 unspecified atom stereocenters. The number of likely N-dealkylation sites (tertiary alicyclic amines) is 1. The van der Waals surface area contributed by atoms with Crippen molar-refractivity contribution >= 4 is 12.0 Å². The lowest BCUT2D eigenvalue weighted by Crippen LogP contribution is -2.42. The quantitative estimate of drug-likeness (QED) is 0.634. The molecule has 1 aliphatic rings. The second kappa shape index (κ2) is 9.60. The van der Waals surface area contributed by atoms with E-state index in [0.717, 1.165) is 39.0 Å². The van der Waals surface area contributed by atoms with E-state index in [9.17, 15) is 9.59 Å². The highest BCUT2D eigenvalue weighted by Crippen LogP contribution is 2.15. The average molecular weight is 299 g/mol. The van der Waals surface area contributed by atoms with Gasteiger partial charge in [-0.2, -0.15) is 0 Å². The highest BCUT2D eigenvalue weighted by molar-refractivity contribution is 5.73. The molecule has 0 aliphatic carbocycles. The van der Waals surface area contributed by atoms with Gasteiger partial charge in [-0.1, -0.05) is 13.8 Å². The Balaban J connectivity index is 2.07. The van der Waals surface area contributed by atoms with Gasteiger partial charge in [-0.3, -0.25) is 4.79 Å². The van der Waals surface area contributed by atoms with Gasteiger partial charge in [-0.25, -0.2) is 4.79 Å². The van der Waals surface area contributed by atoms with Crippen molar-refractivity contribution in [3.05, 3.63) is 0 Å². The third kappa shape index (κ3) is 7.90. The second-order valence-corrected chi connectivity index (χ2v) is 6.01. The summed E-state index contributed by atoms with van der Waals surface area (Å²) in [5.41, 5.74) is 0. The number of rotatable bonds is 8. The monoisotopic (exact) mass is 299 g/mol. The zero-order chi connectivity index (χ0) is 15.7. The molecular formula is C15H29N3O3. The van der Waals surface area contributed by atoms with Crippen molar-refractivity contribution in [2.75, 3.05) is 32.7 Å². The standard InChI is InChI=1S/C15H29N3O3/c1-3-18-8-6-13(7-9-18)11-17-15(21)16-10-12(2)4-5-14(19)20/h12-13H,3-11H2,1-2H3,(H,19,20)(H2,16,17,21). The van der Waals surface area contributed by atoms with Gasteiger partial charge in [0.1, 0.15) is 0 Å². The largest absolute Gasteiger partial charge is 0.481 e. The Morgan fingerprint density at radius 2 is 1.95 bits per heavy atom. The molecule has 1 rings (SSSR count). The average Bonchev–Trinajstić information content (AvgIpc) is 2.49. The van der Waals surface area contributed by atoms with Crippen LogP contribution >= 0.6 is 0 Å². The molecule has 0 radical (unpaired) electrons. The number of nitrogens with one attached hydrogen (secondary N) is 2. The molecule has 0 aromatic carbocycles. The van der Waals surface area contributed by atoms with Gasteiger partial charge < -0.3 is 20.6 Å². The molecule has 0 spiro atoms. The summed E-state index contributed by atoms with van der Waals surface area (Å²) in [4.78, 5) is 24.6. The third-order valence-corrected chi connectivity index (χ3v) is 4.17. The number of carboxylic acids is 1. The van der Waals surface area contributed by atoms with Crippen LogP contribution in [0.3, 0.4) is 0 Å². The number of hydrogen-bond donors (Lipinski definition) is 3. The van der Waals surface area contributed by atoms with Gasteiger partial charge in [0.05, 0.1) is 0 Å². The smallest absolute Gasteiger partial charge is 0.314 e. The summed E-state index contributed by atoms with van der Waals surface area (Å²) in [6.45, 7) is 8.73. The highest BCUT2D eigenvalue weighted by Gasteiger charge is 2.18. The van der Waals surface area contributed by atoms with E-state index in [1.165, 1.54) is 0 Å². The van der Waals surface area contributed by atoms with E-state index in [4.69, 9.17) is 5.11 Å². The van der Waals surface area contributed by atoms with Gasteiger partial charge >= 0.3 is 12.0 Å². The molecule has 0 bridgehead atoms. The minimum Gasteiger partial charge on any atom is -0.481 e. The number of hydrogen-bond acceptors (Lipinski definition) is 3. The Morgan fingerprint density at radius 1 is 1.29 bits per heavy atom. The van der Waals surface area contributed by atoms with Crippen molar-refractivity contribution in [3.63, 3.8) is 0 Å². The summed E-state index contributed by atoms with van der Waals surface area (Å²) in [5.74, 6) is -0.0349. The molecule has 0 aromatic heterocycles. The molecule has 2 amide bonds. The van der Waals surface area contributed by atoms with Crippen molar-refractivity contribution in [2.45, 2.75) is 39.5 Å². The van der Waals surface area contributed by atoms with E-state index in [1.54, 1.807) is 0 Å². The Labute approximate surface area is 127 Å². The van der Waals surface area contributed by atoms with Gasteiger partial charge in [0.15, 0.2) is 0 Å². The number of urea groups is 1. The number of carbonyl (C=O) groups is 2. The maximum Gasteiger partial charge on any atom is 0.314 e. The molecule has 1 heterocycles. The number of aliphatic carboxylic acids is 1. The van der Waals surface area contributed by atoms with Crippen LogP contribution in [0.25, 0.3) is 0 Å². The van der Waals surface area contributed by atoms with Crippen molar-refractivity contribution in [2.24, 2.45) is 11.8 Å². The molecule has 0 aromatic rings. The van der Waals surface area contributed by atoms with Gasteiger partial charge in [0.25, 0.3) is 0 Å². The molecule has 0 saturated carbocycles. The topological polar surface area (TPSA) is 81.7 Å². The maximum atomic E-state index is 11.7. The lowest BCUT2D eigenvalue weighted by Gasteiger charge is -2.31. The van der Waals surface area contributed by atoms with Crippen LogP contribution < -0.4 is 10.6 Å². The third-order valence-electron chi connectivity index (χ3n) is 4.17. The predicted octanol–water partition coefficient (Wildman–Crippen LogP) is 1.52. The maximum absolute atomic E-state index is 11.7. The molecule has 1 atom stereocenters. The van der Waals surface area contributed by atoms with E-state index < -0.39 is 5.97 Å². The Morgan fingerprint density at radius 3 is 2.52 bits per heavy atom. The van der Waals surface area contributed by atoms with Crippen LogP contribution in [0.2, 0.25) is 0 Å². The summed E-state index contributed by atoms with van der Waals surface area (Å²) in [7, 11) is 0. The summed E-state index contributed by atoms with van der Waals surface area (Å²) < 4.78 is 0. The summed E-state index contributed by atoms with van der Waals surface area (Å²) in [6.07, 6.45) is 3.03. The van der Waals surface area contributed by atoms with Gasteiger partial charge in [0.2, 0.25) is 0 Å². The van der Waals surface area contributed by atoms with Crippen molar-refractivity contribution < 1.29 is 14.7 Å². The number of amides is 2. The normalized spacial score (nSPS) is 18.2. The second-order valence-electron chi connectivity index (χ2n) is 6.01. The van der Waals surface area contributed by atoms with Crippen LogP contribution in [0.4, 0.5) is 4.79 Å². The fourth-order valence-corrected chi connectivity index (χ4v) is 2.55. The van der Waals surface area contributed by atoms with Crippen molar-refractivity contribution in [1.29, 1.82) is 0 Å². The number of carbonyl (C=O) groups excluding carboxylic acids is 1. The van der Waals surface area contributed by atoms with Crippen LogP contribution in [-0.4, -0.2) is 54.7 Å². The molecule has 3 N–H and O–H groups in total. The molecule has 1 fully saturated rings. The van der Waals surface area contributed by atoms with Crippen LogP contribution in [0.5, 0.6) is 0 Å². The first-order valence-corrected chi connectivity index (χ1v) is 7.97. The Bertz CT molecular complexity index is 328. The lowest BCUT2D eigenvalue weighted by atomic mass is 9.97. The summed E-state index contributed by atoms with van der Waals surface area (Å²) >= 11 is 0. The fourth-order valence-electron chi connectivity index (χ4n) is 2.55. The first kappa shape index (κ1) is 17.8. The SMILES string of the molecule is CCN1CCC(CNC(=O)NCC(C)CCC(=O)O)CC1. The van der Waals surface area contributed by atoms with Crippen LogP contribution in [-0.2, 0) is 4.79 Å². The number of carboxylic acid groups (broad SMARTS) is 1. The van der Waals surface area contributed by atoms with Crippen LogP contribution in [0.15, 0.2) is 0 Å². The van der Waals surface area contributed by atoms with Gasteiger partial charge in [-0.15, -0.1) is 0 Å². The van der Waals surface area contributed by atoms with Crippen LogP contribution in [0.1, 0.15) is 39.5 Å². The zero-order valence-electron chi connectivity index (χ0n) is 13.2. The van der Waals surface area contributed by atoms with Crippen molar-refractivity contribution in [3.8, 4) is 0 Å². The summed E-state index contributed by atoms with van der Waals surface area (Å²) in [6, 6.07) is -0.143. The Kier molecular flexibility index (Phi) is 8.12. The van der Waals surface area contributed by atoms with E-state index in [2.05, 4.69) is 22.5 Å². The molecule has 6 nitrogen and oxygen atoms in total. The van der Waals surface area contributed by atoms with E-state index in [0.29, 0.717) is 18.9 Å². The molecule has 1 aliphatic heterocycles. The fraction of sp³-hybridized carbons (Fsp3) is 0.867. The zero-order valence-corrected chi connectivity index (χ0v) is 13.2.